The number of aromatic amines is 1. The van der Waals surface area contributed by atoms with E-state index in [1.807, 2.05) is 12.3 Å². The van der Waals surface area contributed by atoms with Crippen LogP contribution in [0, 0.1) is 0 Å². The normalized spacial score (nSPS) is 14.9. The van der Waals surface area contributed by atoms with Crippen molar-refractivity contribution < 1.29 is 4.79 Å². The molecule has 2 N–H and O–H groups in total. The van der Waals surface area contributed by atoms with Crippen molar-refractivity contribution in [1.29, 1.82) is 0 Å². The molecule has 4 aromatic rings. The van der Waals surface area contributed by atoms with E-state index in [-0.39, 0.29) is 5.91 Å². The van der Waals surface area contributed by atoms with Crippen LogP contribution >= 0.6 is 11.3 Å². The number of fused-ring (bicyclic) bond motifs is 2. The highest BCUT2D eigenvalue weighted by Crippen LogP contribution is 2.38. The largest absolute Gasteiger partial charge is 0.326 e. The molecule has 0 unspecified atom stereocenters. The zero-order valence-corrected chi connectivity index (χ0v) is 16.4. The fourth-order valence-electron chi connectivity index (χ4n) is 3.93. The third-order valence-electron chi connectivity index (χ3n) is 5.38. The van der Waals surface area contributed by atoms with Crippen molar-refractivity contribution in [3.63, 3.8) is 0 Å². The molecular formula is C22H22N4OS. The molecule has 0 bridgehead atoms. The van der Waals surface area contributed by atoms with Crippen LogP contribution in [0.15, 0.2) is 48.7 Å². The fourth-order valence-corrected chi connectivity index (χ4v) is 5.01. The monoisotopic (exact) mass is 390 g/mol. The Hall–Kier alpha value is -2.70. The minimum absolute atomic E-state index is 0.0667. The lowest BCUT2D eigenvalue weighted by molar-refractivity contribution is -0.116. The third kappa shape index (κ3) is 3.41. The van der Waals surface area contributed by atoms with Gasteiger partial charge in [0.25, 0.3) is 0 Å². The number of carbonyl (C=O) groups excluding carboxylic acids is 1. The van der Waals surface area contributed by atoms with Gasteiger partial charge in [0.05, 0.1) is 11.7 Å². The summed E-state index contributed by atoms with van der Waals surface area (Å²) in [7, 11) is 0. The minimum Gasteiger partial charge on any atom is -0.326 e. The number of likely N-dealkylation sites (tertiary alicyclic amines) is 1. The van der Waals surface area contributed by atoms with E-state index in [0.717, 1.165) is 41.8 Å². The van der Waals surface area contributed by atoms with Gasteiger partial charge in [-0.2, -0.15) is 5.10 Å². The summed E-state index contributed by atoms with van der Waals surface area (Å²) in [5.74, 6) is 0.0667. The van der Waals surface area contributed by atoms with E-state index >= 15 is 0 Å². The Labute approximate surface area is 167 Å². The van der Waals surface area contributed by atoms with Gasteiger partial charge in [-0.1, -0.05) is 18.2 Å². The highest BCUT2D eigenvalue weighted by Gasteiger charge is 2.15. The summed E-state index contributed by atoms with van der Waals surface area (Å²) in [6.07, 6.45) is 4.84. The van der Waals surface area contributed by atoms with E-state index in [1.165, 1.54) is 27.8 Å². The van der Waals surface area contributed by atoms with Crippen LogP contribution < -0.4 is 5.32 Å². The number of rotatable bonds is 5. The van der Waals surface area contributed by atoms with E-state index < -0.39 is 0 Å². The second kappa shape index (κ2) is 7.37. The minimum atomic E-state index is 0.0667. The van der Waals surface area contributed by atoms with Crippen LogP contribution in [0.2, 0.25) is 0 Å². The summed E-state index contributed by atoms with van der Waals surface area (Å²) in [6.45, 7) is 3.07. The van der Waals surface area contributed by atoms with Gasteiger partial charge >= 0.3 is 0 Å². The van der Waals surface area contributed by atoms with Crippen molar-refractivity contribution in [2.24, 2.45) is 0 Å². The van der Waals surface area contributed by atoms with Gasteiger partial charge in [-0.3, -0.25) is 9.89 Å². The number of nitrogens with zero attached hydrogens (tertiary/aromatic N) is 2. The first kappa shape index (κ1) is 17.4. The number of H-pyrrole nitrogens is 1. The number of aromatic nitrogens is 2. The Morgan fingerprint density at radius 1 is 1.14 bits per heavy atom. The number of hydrogen-bond donors (Lipinski definition) is 2. The van der Waals surface area contributed by atoms with Crippen molar-refractivity contribution in [2.75, 3.05) is 25.0 Å². The molecule has 5 rings (SSSR count). The molecule has 2 aromatic carbocycles. The molecule has 0 aliphatic carbocycles. The van der Waals surface area contributed by atoms with Crippen molar-refractivity contribution in [3.05, 3.63) is 48.7 Å². The second-order valence-corrected chi connectivity index (χ2v) is 8.44. The molecule has 1 aliphatic heterocycles. The highest BCUT2D eigenvalue weighted by atomic mass is 32.1. The number of nitrogens with one attached hydrogen (secondary N) is 2. The molecule has 0 spiro atoms. The van der Waals surface area contributed by atoms with Gasteiger partial charge in [0.15, 0.2) is 0 Å². The molecule has 1 fully saturated rings. The lowest BCUT2D eigenvalue weighted by Crippen LogP contribution is -2.25. The summed E-state index contributed by atoms with van der Waals surface area (Å²) >= 11 is 1.76. The molecule has 1 aliphatic rings. The quantitative estimate of drug-likeness (QED) is 0.511. The number of benzene rings is 2. The SMILES string of the molecule is O=C(CCN1CCCC1)Nc1cc(-c2cc3ccccc3s2)c2[nH]ncc2c1. The molecule has 0 radical (unpaired) electrons. The predicted octanol–water partition coefficient (Wildman–Crippen LogP) is 4.87. The number of hydrogen-bond acceptors (Lipinski definition) is 4. The summed E-state index contributed by atoms with van der Waals surface area (Å²) < 4.78 is 1.25. The van der Waals surface area contributed by atoms with Crippen molar-refractivity contribution >= 4 is 43.9 Å². The Kier molecular flexibility index (Phi) is 4.58. The molecular weight excluding hydrogens is 368 g/mol. The zero-order valence-electron chi connectivity index (χ0n) is 15.6. The number of amides is 1. The molecule has 5 nitrogen and oxygen atoms in total. The van der Waals surface area contributed by atoms with Crippen LogP contribution in [0.4, 0.5) is 5.69 Å². The van der Waals surface area contributed by atoms with Crippen LogP contribution in [-0.2, 0) is 4.79 Å². The second-order valence-electron chi connectivity index (χ2n) is 7.35. The van der Waals surface area contributed by atoms with Gasteiger partial charge < -0.3 is 10.2 Å². The van der Waals surface area contributed by atoms with Crippen LogP contribution in [0.3, 0.4) is 0 Å². The van der Waals surface area contributed by atoms with Gasteiger partial charge in [-0.15, -0.1) is 11.3 Å². The summed E-state index contributed by atoms with van der Waals surface area (Å²) in [4.78, 5) is 16.0. The van der Waals surface area contributed by atoms with Gasteiger partial charge in [-0.25, -0.2) is 0 Å². The lowest BCUT2D eigenvalue weighted by Gasteiger charge is -2.14. The third-order valence-corrected chi connectivity index (χ3v) is 6.53. The molecule has 0 atom stereocenters. The first-order chi connectivity index (χ1) is 13.8. The Bertz CT molecular complexity index is 1110. The average Bonchev–Trinajstić information content (AvgIpc) is 3.45. The maximum Gasteiger partial charge on any atom is 0.225 e. The van der Waals surface area contributed by atoms with Gasteiger partial charge in [0.2, 0.25) is 5.91 Å². The van der Waals surface area contributed by atoms with Gasteiger partial charge in [0, 0.05) is 39.2 Å². The molecule has 28 heavy (non-hydrogen) atoms. The van der Waals surface area contributed by atoms with Crippen LogP contribution in [0.1, 0.15) is 19.3 Å². The Morgan fingerprint density at radius 2 is 2.00 bits per heavy atom. The summed E-state index contributed by atoms with van der Waals surface area (Å²) in [5.41, 5.74) is 2.90. The molecule has 1 saturated heterocycles. The van der Waals surface area contributed by atoms with Crippen molar-refractivity contribution in [1.82, 2.24) is 15.1 Å². The maximum absolute atomic E-state index is 12.5. The number of anilines is 1. The van der Waals surface area contributed by atoms with Crippen molar-refractivity contribution in [2.45, 2.75) is 19.3 Å². The molecule has 2 aromatic heterocycles. The van der Waals surface area contributed by atoms with E-state index in [9.17, 15) is 4.79 Å². The first-order valence-corrected chi connectivity index (χ1v) is 10.6. The van der Waals surface area contributed by atoms with Crippen LogP contribution in [0.25, 0.3) is 31.4 Å². The van der Waals surface area contributed by atoms with Gasteiger partial charge in [0.1, 0.15) is 0 Å². The topological polar surface area (TPSA) is 61.0 Å². The molecule has 1 amide bonds. The average molecular weight is 391 g/mol. The van der Waals surface area contributed by atoms with Crippen LogP contribution in [-0.4, -0.2) is 40.6 Å². The summed E-state index contributed by atoms with van der Waals surface area (Å²) in [5, 5.41) is 12.6. The maximum atomic E-state index is 12.5. The fraction of sp³-hybridized carbons (Fsp3) is 0.273. The first-order valence-electron chi connectivity index (χ1n) is 9.74. The predicted molar refractivity (Wildman–Crippen MR) is 116 cm³/mol. The molecule has 6 heteroatoms. The number of carbonyl (C=O) groups is 1. The summed E-state index contributed by atoms with van der Waals surface area (Å²) in [6, 6.07) is 14.6. The van der Waals surface area contributed by atoms with E-state index in [2.05, 4.69) is 56.8 Å². The smallest absolute Gasteiger partial charge is 0.225 e. The van der Waals surface area contributed by atoms with Crippen molar-refractivity contribution in [3.8, 4) is 10.4 Å². The standard InChI is InChI=1S/C22H22N4OS/c27-21(7-10-26-8-3-4-9-26)24-17-11-16-14-23-25-22(16)18(13-17)20-12-15-5-1-2-6-19(15)28-20/h1-2,5-6,11-14H,3-4,7-10H2,(H,23,25)(H,24,27). The lowest BCUT2D eigenvalue weighted by atomic mass is 10.1. The van der Waals surface area contributed by atoms with E-state index in [4.69, 9.17) is 0 Å². The molecule has 142 valence electrons. The van der Waals surface area contributed by atoms with E-state index in [0.29, 0.717) is 6.42 Å². The van der Waals surface area contributed by atoms with Crippen LogP contribution in [0.5, 0.6) is 0 Å². The molecule has 3 heterocycles. The zero-order chi connectivity index (χ0) is 18.9. The molecule has 0 saturated carbocycles. The van der Waals surface area contributed by atoms with E-state index in [1.54, 1.807) is 11.3 Å². The Balaban J connectivity index is 1.43. The highest BCUT2D eigenvalue weighted by molar-refractivity contribution is 7.22. The number of thiophene rings is 1. The Morgan fingerprint density at radius 3 is 2.86 bits per heavy atom. The van der Waals surface area contributed by atoms with Gasteiger partial charge in [-0.05, 0) is 55.6 Å².